The van der Waals surface area contributed by atoms with Crippen molar-refractivity contribution in [2.45, 2.75) is 145 Å². The first-order chi connectivity index (χ1) is 41.1. The maximum Gasteiger partial charge on any atom is 0.326 e. The lowest BCUT2D eigenvalue weighted by Crippen LogP contribution is -2.62. The molecular formula is C54H81N13O19S. The number of aliphatic carboxylic acids is 2. The Morgan fingerprint density at radius 2 is 1.01 bits per heavy atom. The number of hydrogen-bond donors (Lipinski definition) is 19. The van der Waals surface area contributed by atoms with Gasteiger partial charge in [-0.25, -0.2) is 4.79 Å². The number of hydrogen-bond acceptors (Lipinski definition) is 20. The van der Waals surface area contributed by atoms with E-state index in [1.165, 1.54) is 30.8 Å². The summed E-state index contributed by atoms with van der Waals surface area (Å²) < 4.78 is 0. The molecule has 0 heterocycles. The Balaban J connectivity index is 2.27. The van der Waals surface area contributed by atoms with Crippen LogP contribution in [0.3, 0.4) is 0 Å². The zero-order valence-corrected chi connectivity index (χ0v) is 49.1. The van der Waals surface area contributed by atoms with E-state index in [1.807, 2.05) is 0 Å². The third-order valence-corrected chi connectivity index (χ3v) is 13.6. The number of aromatic hydroxyl groups is 1. The highest BCUT2D eigenvalue weighted by Crippen LogP contribution is 2.13. The van der Waals surface area contributed by atoms with Gasteiger partial charge in [0.2, 0.25) is 65.0 Å². The quantitative estimate of drug-likeness (QED) is 0.0275. The minimum atomic E-state index is -1.97. The van der Waals surface area contributed by atoms with Crippen LogP contribution in [0.15, 0.2) is 54.6 Å². The van der Waals surface area contributed by atoms with Crippen molar-refractivity contribution in [1.29, 1.82) is 0 Å². The summed E-state index contributed by atoms with van der Waals surface area (Å²) in [5.74, 6) is -14.0. The molecule has 0 aromatic heterocycles. The van der Waals surface area contributed by atoms with Crippen molar-refractivity contribution >= 4 is 88.7 Å². The van der Waals surface area contributed by atoms with Gasteiger partial charge in [-0.05, 0) is 101 Å². The lowest BCUT2D eigenvalue weighted by Gasteiger charge is -2.28. The van der Waals surface area contributed by atoms with Crippen LogP contribution in [0.2, 0.25) is 0 Å². The van der Waals surface area contributed by atoms with Gasteiger partial charge in [-0.3, -0.25) is 57.5 Å². The van der Waals surface area contributed by atoms with Gasteiger partial charge in [0.15, 0.2) is 0 Å². The highest BCUT2D eigenvalue weighted by Gasteiger charge is 2.36. The summed E-state index contributed by atoms with van der Waals surface area (Å²) in [4.78, 5) is 170. The second kappa shape index (κ2) is 39.2. The summed E-state index contributed by atoms with van der Waals surface area (Å²) in [6.45, 7) is -0.377. The predicted molar refractivity (Wildman–Crippen MR) is 311 cm³/mol. The number of amides is 11. The summed E-state index contributed by atoms with van der Waals surface area (Å²) in [5.41, 5.74) is 17.9. The molecule has 0 fully saturated rings. The molecule has 22 N–H and O–H groups in total. The van der Waals surface area contributed by atoms with Gasteiger partial charge in [-0.15, -0.1) is 0 Å². The van der Waals surface area contributed by atoms with Crippen molar-refractivity contribution in [1.82, 2.24) is 53.2 Å². The number of nitrogens with two attached hydrogens (primary N) is 3. The summed E-state index contributed by atoms with van der Waals surface area (Å²) in [6, 6.07) is -1.46. The largest absolute Gasteiger partial charge is 0.508 e. The van der Waals surface area contributed by atoms with Crippen LogP contribution in [0.5, 0.6) is 5.75 Å². The molecule has 0 radical (unpaired) electrons. The Bertz CT molecular complexity index is 2660. The van der Waals surface area contributed by atoms with E-state index in [-0.39, 0.29) is 50.2 Å². The van der Waals surface area contributed by atoms with Crippen molar-refractivity contribution in [2.24, 2.45) is 17.2 Å². The molecule has 2 aromatic carbocycles. The first kappa shape index (κ1) is 74.6. The zero-order valence-electron chi connectivity index (χ0n) is 48.3. The summed E-state index contributed by atoms with van der Waals surface area (Å²) >= 11 is 1.27. The summed E-state index contributed by atoms with van der Waals surface area (Å²) in [6.07, 6.45) is -2.19. The molecule has 11 amide bonds. The minimum absolute atomic E-state index is 0.0193. The van der Waals surface area contributed by atoms with Gasteiger partial charge in [0.05, 0.1) is 31.9 Å². The molecule has 87 heavy (non-hydrogen) atoms. The summed E-state index contributed by atoms with van der Waals surface area (Å²) in [7, 11) is 0. The van der Waals surface area contributed by atoms with Crippen molar-refractivity contribution < 1.29 is 93.0 Å². The van der Waals surface area contributed by atoms with E-state index >= 15 is 0 Å². The van der Waals surface area contributed by atoms with Gasteiger partial charge < -0.3 is 101 Å². The third kappa shape index (κ3) is 28.0. The van der Waals surface area contributed by atoms with Crippen molar-refractivity contribution in [3.63, 3.8) is 0 Å². The average molecular weight is 1250 g/mol. The van der Waals surface area contributed by atoms with Crippen LogP contribution in [0.4, 0.5) is 0 Å². The molecule has 0 bridgehead atoms. The highest BCUT2D eigenvalue weighted by atomic mass is 32.2. The Morgan fingerprint density at radius 3 is 1.53 bits per heavy atom. The van der Waals surface area contributed by atoms with E-state index in [1.54, 1.807) is 48.7 Å². The zero-order chi connectivity index (χ0) is 65.3. The number of primary amides is 1. The number of aliphatic hydroxyl groups is 3. The molecule has 11 atom stereocenters. The fraction of sp³-hybridized carbons (Fsp3) is 0.537. The van der Waals surface area contributed by atoms with Crippen LogP contribution in [-0.2, 0) is 75.2 Å². The number of phenols is 1. The number of carbonyl (C=O) groups is 13. The van der Waals surface area contributed by atoms with Gasteiger partial charge in [0, 0.05) is 19.3 Å². The first-order valence-corrected chi connectivity index (χ1v) is 28.9. The third-order valence-electron chi connectivity index (χ3n) is 12.9. The highest BCUT2D eigenvalue weighted by molar-refractivity contribution is 7.98. The lowest BCUT2D eigenvalue weighted by atomic mass is 10.0. The second-order valence-corrected chi connectivity index (χ2v) is 21.0. The Kier molecular flexibility index (Phi) is 33.7. The van der Waals surface area contributed by atoms with E-state index in [2.05, 4.69) is 53.2 Å². The standard InChI is InChI=1S/C54H81N13O19S/c1-28(59-46(77)33(56)23-31-12-14-32(71)15-13-31)45(76)58-25-42(73)60-38(24-30-9-5-4-6-10-30)50(81)63-36(20-22-87-3)49(80)67-44(29(2)70)53(84)66-40(27-69)51(82)62-35(17-19-43(74)75)48(79)61-34(11-7-8-21-55)47(78)65-39(26-68)52(83)64-37(54(85)86)16-18-41(57)72/h4-6,9-10,12-15,28-29,33-40,44,68-71H,7-8,11,16-27,55-56H2,1-3H3,(H2,57,72)(H,58,76)(H,59,77)(H,60,73)(H,61,79)(H,62,82)(H,63,81)(H,64,83)(H,65,78)(H,66,84)(H,67,80)(H,74,75)(H,85,86)/t28-,29-,33+,34+,35+,36+,37+,38+,39+,40+,44+/m1/s1. The number of nitrogens with one attached hydrogen (secondary N) is 10. The van der Waals surface area contributed by atoms with E-state index in [9.17, 15) is 93.0 Å². The van der Waals surface area contributed by atoms with E-state index in [4.69, 9.17) is 17.2 Å². The van der Waals surface area contributed by atoms with Gasteiger partial charge in [-0.2, -0.15) is 11.8 Å². The molecule has 0 saturated heterocycles. The number of carboxylic acids is 2. The number of benzene rings is 2. The number of thioether (sulfide) groups is 1. The number of rotatable bonds is 41. The van der Waals surface area contributed by atoms with Crippen molar-refractivity contribution in [3.8, 4) is 5.75 Å². The molecular weight excluding hydrogens is 1170 g/mol. The maximum absolute atomic E-state index is 14.1. The van der Waals surface area contributed by atoms with Gasteiger partial charge in [0.25, 0.3) is 0 Å². The van der Waals surface area contributed by atoms with E-state index in [0.29, 0.717) is 17.5 Å². The average Bonchev–Trinajstić information content (AvgIpc) is 3.69. The van der Waals surface area contributed by atoms with Crippen molar-refractivity contribution in [2.75, 3.05) is 38.3 Å². The molecule has 0 aliphatic carbocycles. The van der Waals surface area contributed by atoms with Crippen LogP contribution in [0.25, 0.3) is 0 Å². The molecule has 0 aliphatic rings. The number of aliphatic hydroxyl groups excluding tert-OH is 3. The van der Waals surface area contributed by atoms with Crippen LogP contribution >= 0.6 is 11.8 Å². The number of carbonyl (C=O) groups excluding carboxylic acids is 11. The summed E-state index contributed by atoms with van der Waals surface area (Å²) in [5, 5.41) is 82.8. The molecule has 0 spiro atoms. The lowest BCUT2D eigenvalue weighted by molar-refractivity contribution is -0.143. The van der Waals surface area contributed by atoms with Gasteiger partial charge >= 0.3 is 11.9 Å². The predicted octanol–water partition coefficient (Wildman–Crippen LogP) is -6.53. The monoisotopic (exact) mass is 1250 g/mol. The Morgan fingerprint density at radius 1 is 0.529 bits per heavy atom. The minimum Gasteiger partial charge on any atom is -0.508 e. The smallest absolute Gasteiger partial charge is 0.326 e. The number of carboxylic acid groups (broad SMARTS) is 2. The molecule has 2 rings (SSSR count). The fourth-order valence-corrected chi connectivity index (χ4v) is 8.48. The number of phenolic OH excluding ortho intramolecular Hbond substituents is 1. The molecule has 482 valence electrons. The van der Waals surface area contributed by atoms with Crippen molar-refractivity contribution in [3.05, 3.63) is 65.7 Å². The molecule has 0 aliphatic heterocycles. The molecule has 0 unspecified atom stereocenters. The second-order valence-electron chi connectivity index (χ2n) is 20.0. The van der Waals surface area contributed by atoms with Crippen LogP contribution in [0, 0.1) is 0 Å². The topological polar surface area (TPSA) is 542 Å². The van der Waals surface area contributed by atoms with E-state index in [0.717, 1.165) is 6.92 Å². The number of unbranched alkanes of at least 4 members (excludes halogenated alkanes) is 1. The van der Waals surface area contributed by atoms with Gasteiger partial charge in [0.1, 0.15) is 60.1 Å². The van der Waals surface area contributed by atoms with Gasteiger partial charge in [-0.1, -0.05) is 42.5 Å². The maximum atomic E-state index is 14.1. The van der Waals surface area contributed by atoms with Crippen LogP contribution < -0.4 is 70.4 Å². The Labute approximate surface area is 504 Å². The molecule has 2 aromatic rings. The first-order valence-electron chi connectivity index (χ1n) is 27.5. The van der Waals surface area contributed by atoms with Crippen LogP contribution in [-0.4, -0.2) is 212 Å². The SMILES string of the molecule is CSCC[C@H](NC(=O)[C@H](Cc1ccccc1)NC(=O)CNC(=O)[C@@H](C)NC(=O)[C@@H](N)Cc1ccc(O)cc1)C(=O)N[C@H](C(=O)N[C@@H](CO)C(=O)N[C@@H](CCC(=O)O)C(=O)N[C@@H](CCCCN)C(=O)N[C@@H](CO)C(=O)N[C@@H](CCC(N)=O)C(=O)O)[C@@H](C)O. The molecule has 32 nitrogen and oxygen atoms in total. The normalized spacial score (nSPS) is 14.8. The van der Waals surface area contributed by atoms with E-state index < -0.39 is 189 Å². The molecule has 33 heteroatoms. The Hall–Kier alpha value is -8.50. The fourth-order valence-electron chi connectivity index (χ4n) is 8.01. The molecule has 0 saturated carbocycles. The van der Waals surface area contributed by atoms with Crippen LogP contribution in [0.1, 0.15) is 76.3 Å².